The molecule has 0 saturated carbocycles. The van der Waals surface area contributed by atoms with E-state index in [1.165, 1.54) is 167 Å². The number of quaternary nitrogens is 1. The van der Waals surface area contributed by atoms with Gasteiger partial charge in [0, 0.05) is 13.0 Å². The fourth-order valence-electron chi connectivity index (χ4n) is 7.39. The lowest BCUT2D eigenvalue weighted by atomic mass is 10.0. The predicted molar refractivity (Wildman–Crippen MR) is 266 cm³/mol. The molecule has 0 aromatic heterocycles. The number of hydrogen-bond donors (Lipinski definition) is 1. The van der Waals surface area contributed by atoms with Crippen molar-refractivity contribution in [1.82, 2.24) is 0 Å². The minimum absolute atomic E-state index is 0.0876. The number of likely N-dealkylation sites (N-methyl/N-ethyl adjacent to an activating group) is 1. The maximum atomic E-state index is 12.8. The van der Waals surface area contributed by atoms with Crippen molar-refractivity contribution in [1.29, 1.82) is 0 Å². The summed E-state index contributed by atoms with van der Waals surface area (Å²) in [6.45, 7) is 5.62. The van der Waals surface area contributed by atoms with Crippen LogP contribution in [0.5, 0.6) is 0 Å². The molecule has 9 heteroatoms. The van der Waals surface area contributed by atoms with Gasteiger partial charge in [-0.15, -0.1) is 0 Å². The fourth-order valence-corrected chi connectivity index (χ4v) is 8.13. The molecule has 0 fully saturated rings. The molecular formula is C53H103NO7P+. The van der Waals surface area contributed by atoms with Gasteiger partial charge in [0.15, 0.2) is 0 Å². The van der Waals surface area contributed by atoms with Gasteiger partial charge in [-0.3, -0.25) is 13.8 Å². The smallest absolute Gasteiger partial charge is 0.457 e. The van der Waals surface area contributed by atoms with Gasteiger partial charge in [0.2, 0.25) is 0 Å². The third-order valence-corrected chi connectivity index (χ3v) is 12.4. The summed E-state index contributed by atoms with van der Waals surface area (Å²) in [7, 11) is 1.67. The first-order valence-electron chi connectivity index (χ1n) is 26.2. The summed E-state index contributed by atoms with van der Waals surface area (Å²) >= 11 is 0. The molecule has 2 atom stereocenters. The average molecular weight is 897 g/mol. The summed E-state index contributed by atoms with van der Waals surface area (Å²) in [6.07, 6.45) is 56.1. The minimum atomic E-state index is -4.28. The number of hydrogen-bond acceptors (Lipinski definition) is 6. The number of unbranched alkanes of at least 4 members (excludes halogenated alkanes) is 29. The van der Waals surface area contributed by atoms with Crippen molar-refractivity contribution in [2.24, 2.45) is 0 Å². The Bertz CT molecular complexity index is 1090. The third kappa shape index (κ3) is 49.7. The molecule has 0 heterocycles. The number of carbonyl (C=O) groups excluding carboxylic acids is 1. The number of carbonyl (C=O) groups is 1. The van der Waals surface area contributed by atoms with E-state index in [1.54, 1.807) is 0 Å². The Balaban J connectivity index is 4.13. The van der Waals surface area contributed by atoms with Crippen LogP contribution in [-0.4, -0.2) is 75.6 Å². The Morgan fingerprint density at radius 2 is 0.887 bits per heavy atom. The number of phosphoric ester groups is 1. The highest BCUT2D eigenvalue weighted by molar-refractivity contribution is 7.47. The quantitative estimate of drug-likeness (QED) is 0.0214. The molecule has 0 rings (SSSR count). The second-order valence-corrected chi connectivity index (χ2v) is 20.4. The topological polar surface area (TPSA) is 91.3 Å². The monoisotopic (exact) mass is 897 g/mol. The van der Waals surface area contributed by atoms with Crippen LogP contribution in [0.4, 0.5) is 0 Å². The van der Waals surface area contributed by atoms with Crippen LogP contribution in [0.2, 0.25) is 0 Å². The molecule has 2 unspecified atom stereocenters. The van der Waals surface area contributed by atoms with Gasteiger partial charge in [0.1, 0.15) is 19.3 Å². The van der Waals surface area contributed by atoms with Crippen LogP contribution in [0.15, 0.2) is 36.5 Å². The average Bonchev–Trinajstić information content (AvgIpc) is 3.23. The highest BCUT2D eigenvalue weighted by Gasteiger charge is 2.26. The second-order valence-electron chi connectivity index (χ2n) is 18.9. The van der Waals surface area contributed by atoms with E-state index in [-0.39, 0.29) is 25.8 Å². The van der Waals surface area contributed by atoms with E-state index >= 15 is 0 Å². The maximum Gasteiger partial charge on any atom is 0.472 e. The lowest BCUT2D eigenvalue weighted by Gasteiger charge is -2.24. The molecule has 1 N–H and O–H groups in total. The molecule has 0 saturated heterocycles. The van der Waals surface area contributed by atoms with E-state index in [0.29, 0.717) is 24.1 Å². The molecule has 0 bridgehead atoms. The Kier molecular flexibility index (Phi) is 45.3. The Labute approximate surface area is 385 Å². The number of nitrogens with zero attached hydrogens (tertiary/aromatic N) is 1. The van der Waals surface area contributed by atoms with Gasteiger partial charge in [-0.25, -0.2) is 4.57 Å². The number of phosphoric acid groups is 1. The summed E-state index contributed by atoms with van der Waals surface area (Å²) < 4.78 is 35.2. The second kappa shape index (κ2) is 46.3. The van der Waals surface area contributed by atoms with Crippen LogP contribution >= 0.6 is 7.82 Å². The number of esters is 1. The molecule has 0 aliphatic heterocycles. The number of ether oxygens (including phenoxy) is 2. The SMILES string of the molecule is CCCCC/C=C\C/C=C\C/C=C\CCCCCCCCCOCC(COP(=O)(O)OCC[N+](C)(C)C)OC(=O)CCCCCCCCCCCCCCCCCCCCCC. The Morgan fingerprint density at radius 3 is 1.35 bits per heavy atom. The van der Waals surface area contributed by atoms with Gasteiger partial charge in [0.25, 0.3) is 0 Å². The van der Waals surface area contributed by atoms with Crippen molar-refractivity contribution in [2.45, 2.75) is 245 Å². The van der Waals surface area contributed by atoms with Crippen LogP contribution in [0, 0.1) is 0 Å². The molecule has 0 radical (unpaired) electrons. The van der Waals surface area contributed by atoms with Crippen molar-refractivity contribution in [2.75, 3.05) is 54.1 Å². The summed E-state index contributed by atoms with van der Waals surface area (Å²) in [5.74, 6) is -0.313. The molecule has 62 heavy (non-hydrogen) atoms. The van der Waals surface area contributed by atoms with E-state index in [4.69, 9.17) is 18.5 Å². The molecule has 0 amide bonds. The van der Waals surface area contributed by atoms with Crippen molar-refractivity contribution in [3.8, 4) is 0 Å². The van der Waals surface area contributed by atoms with E-state index in [2.05, 4.69) is 50.3 Å². The highest BCUT2D eigenvalue weighted by atomic mass is 31.2. The number of allylic oxidation sites excluding steroid dienone is 6. The minimum Gasteiger partial charge on any atom is -0.457 e. The summed E-state index contributed by atoms with van der Waals surface area (Å²) in [6, 6.07) is 0. The normalized spacial score (nSPS) is 13.8. The lowest BCUT2D eigenvalue weighted by Crippen LogP contribution is -2.37. The molecule has 8 nitrogen and oxygen atoms in total. The van der Waals surface area contributed by atoms with Gasteiger partial charge >= 0.3 is 13.8 Å². The summed E-state index contributed by atoms with van der Waals surface area (Å²) in [5, 5.41) is 0. The number of rotatable bonds is 49. The first kappa shape index (κ1) is 60.7. The molecule has 0 aliphatic carbocycles. The molecule has 0 aromatic rings. The van der Waals surface area contributed by atoms with Crippen LogP contribution in [-0.2, 0) is 27.9 Å². The van der Waals surface area contributed by atoms with Crippen molar-refractivity contribution < 1.29 is 37.3 Å². The zero-order valence-electron chi connectivity index (χ0n) is 41.6. The summed E-state index contributed by atoms with van der Waals surface area (Å²) in [4.78, 5) is 23.0. The molecule has 0 spiro atoms. The van der Waals surface area contributed by atoms with Crippen LogP contribution < -0.4 is 0 Å². The van der Waals surface area contributed by atoms with E-state index in [1.807, 2.05) is 21.1 Å². The van der Waals surface area contributed by atoms with Crippen molar-refractivity contribution in [3.63, 3.8) is 0 Å². The van der Waals surface area contributed by atoms with Gasteiger partial charge in [0.05, 0.1) is 34.4 Å². The fraction of sp³-hybridized carbons (Fsp3) is 0.868. The molecular weight excluding hydrogens is 794 g/mol. The third-order valence-electron chi connectivity index (χ3n) is 11.5. The Morgan fingerprint density at radius 1 is 0.500 bits per heavy atom. The molecule has 366 valence electrons. The summed E-state index contributed by atoms with van der Waals surface area (Å²) in [5.41, 5.74) is 0. The zero-order valence-corrected chi connectivity index (χ0v) is 42.5. The Hall–Kier alpha value is -1.28. The van der Waals surface area contributed by atoms with Crippen molar-refractivity contribution in [3.05, 3.63) is 36.5 Å². The van der Waals surface area contributed by atoms with Gasteiger partial charge < -0.3 is 18.9 Å². The van der Waals surface area contributed by atoms with Gasteiger partial charge in [-0.2, -0.15) is 0 Å². The largest absolute Gasteiger partial charge is 0.472 e. The highest BCUT2D eigenvalue weighted by Crippen LogP contribution is 2.43. The van der Waals surface area contributed by atoms with Gasteiger partial charge in [-0.1, -0.05) is 217 Å². The zero-order chi connectivity index (χ0) is 45.5. The van der Waals surface area contributed by atoms with Crippen molar-refractivity contribution >= 4 is 13.8 Å². The first-order valence-corrected chi connectivity index (χ1v) is 27.7. The first-order chi connectivity index (χ1) is 30.1. The van der Waals surface area contributed by atoms with Crippen LogP contribution in [0.1, 0.15) is 239 Å². The van der Waals surface area contributed by atoms with E-state index < -0.39 is 13.9 Å². The van der Waals surface area contributed by atoms with E-state index in [0.717, 1.165) is 51.4 Å². The molecule has 0 aromatic carbocycles. The van der Waals surface area contributed by atoms with Gasteiger partial charge in [-0.05, 0) is 51.4 Å². The molecule has 0 aliphatic rings. The lowest BCUT2D eigenvalue weighted by molar-refractivity contribution is -0.870. The van der Waals surface area contributed by atoms with E-state index in [9.17, 15) is 14.3 Å². The van der Waals surface area contributed by atoms with Crippen LogP contribution in [0.3, 0.4) is 0 Å². The maximum absolute atomic E-state index is 12.8. The predicted octanol–water partition coefficient (Wildman–Crippen LogP) is 16.1. The standard InChI is InChI=1S/C53H102NO7P/c1-6-8-10-12-14-16-18-20-22-24-26-28-30-32-34-36-38-40-42-44-46-53(55)61-52(51-60-62(56,57)59-49-47-54(3,4)5)50-58-48-45-43-41-39-37-35-33-31-29-27-25-23-21-19-17-15-13-11-9-7-2/h15,17,21,23,27,29,52H,6-14,16,18-20,22,24-26,28,30-51H2,1-5H3/p+1/b17-15-,23-21-,29-27-. The van der Waals surface area contributed by atoms with Crippen LogP contribution in [0.25, 0.3) is 0 Å².